The molecule has 3 aromatic rings. The molecule has 2 saturated heterocycles. The van der Waals surface area contributed by atoms with E-state index in [0.717, 1.165) is 18.5 Å². The molecule has 2 unspecified atom stereocenters. The lowest BCUT2D eigenvalue weighted by atomic mass is 9.85. The number of piperidine rings is 2. The summed E-state index contributed by atoms with van der Waals surface area (Å²) in [7, 11) is 0. The Morgan fingerprint density at radius 3 is 2.59 bits per heavy atom. The minimum atomic E-state index is 0.116. The zero-order chi connectivity index (χ0) is 19.8. The van der Waals surface area contributed by atoms with Crippen LogP contribution < -0.4 is 10.1 Å². The summed E-state index contributed by atoms with van der Waals surface area (Å²) in [6.07, 6.45) is 7.60. The average molecular weight is 392 g/mol. The van der Waals surface area contributed by atoms with Gasteiger partial charge in [0.2, 0.25) is 5.88 Å². The molecule has 0 amide bonds. The van der Waals surface area contributed by atoms with Crippen LogP contribution >= 0.6 is 0 Å². The predicted octanol–water partition coefficient (Wildman–Crippen LogP) is 2.79. The Hall–Kier alpha value is -3.00. The lowest BCUT2D eigenvalue weighted by Gasteiger charge is -2.39. The van der Waals surface area contributed by atoms with Gasteiger partial charge in [-0.15, -0.1) is 10.2 Å². The summed E-state index contributed by atoms with van der Waals surface area (Å²) < 4.78 is 7.72. The molecule has 2 N–H and O–H groups in total. The number of fused-ring (bicyclic) bond motifs is 2. The summed E-state index contributed by atoms with van der Waals surface area (Å²) >= 11 is 0. The van der Waals surface area contributed by atoms with Gasteiger partial charge >= 0.3 is 0 Å². The summed E-state index contributed by atoms with van der Waals surface area (Å²) in [6, 6.07) is 10.1. The molecule has 2 aliphatic heterocycles. The normalized spacial score (nSPS) is 23.7. The summed E-state index contributed by atoms with van der Waals surface area (Å²) in [5.41, 5.74) is 1.94. The average Bonchev–Trinajstić information content (AvgIpc) is 3.15. The van der Waals surface area contributed by atoms with Crippen molar-refractivity contribution in [3.8, 4) is 28.6 Å². The second-order valence-electron chi connectivity index (χ2n) is 7.90. The quantitative estimate of drug-likeness (QED) is 0.704. The highest BCUT2D eigenvalue weighted by molar-refractivity contribution is 5.68. The van der Waals surface area contributed by atoms with Crippen molar-refractivity contribution in [2.24, 2.45) is 0 Å². The Balaban J connectivity index is 1.30. The molecule has 0 aliphatic carbocycles. The van der Waals surface area contributed by atoms with E-state index in [2.05, 4.69) is 25.6 Å². The van der Waals surface area contributed by atoms with Gasteiger partial charge in [0.15, 0.2) is 0 Å². The lowest BCUT2D eigenvalue weighted by molar-refractivity contribution is 0.0881. The fourth-order valence-corrected chi connectivity index (χ4v) is 4.36. The number of benzene rings is 1. The van der Waals surface area contributed by atoms with Gasteiger partial charge in [-0.2, -0.15) is 5.10 Å². The number of rotatable bonds is 4. The second-order valence-corrected chi connectivity index (χ2v) is 7.90. The Kier molecular flexibility index (Phi) is 4.63. The minimum absolute atomic E-state index is 0.116. The van der Waals surface area contributed by atoms with Crippen LogP contribution in [0.1, 0.15) is 37.9 Å². The van der Waals surface area contributed by atoms with Gasteiger partial charge in [-0.05, 0) is 50.8 Å². The molecule has 2 aromatic heterocycles. The van der Waals surface area contributed by atoms with Crippen LogP contribution in [0.5, 0.6) is 11.6 Å². The maximum atomic E-state index is 10.5. The highest BCUT2D eigenvalue weighted by Crippen LogP contribution is 2.31. The van der Waals surface area contributed by atoms with E-state index in [1.54, 1.807) is 23.1 Å². The third-order valence-corrected chi connectivity index (χ3v) is 5.73. The second kappa shape index (κ2) is 7.44. The molecule has 2 atom stereocenters. The van der Waals surface area contributed by atoms with Crippen molar-refractivity contribution in [1.82, 2.24) is 30.3 Å². The predicted molar refractivity (Wildman–Crippen MR) is 107 cm³/mol. The van der Waals surface area contributed by atoms with Crippen LogP contribution in [0.4, 0.5) is 0 Å². The Morgan fingerprint density at radius 2 is 1.93 bits per heavy atom. The van der Waals surface area contributed by atoms with Crippen molar-refractivity contribution in [3.63, 3.8) is 0 Å². The molecule has 2 bridgehead atoms. The molecular weight excluding hydrogens is 368 g/mol. The maximum absolute atomic E-state index is 10.5. The molecule has 150 valence electrons. The number of hydrogen-bond donors (Lipinski definition) is 2. The number of aryl methyl sites for hydroxylation is 1. The van der Waals surface area contributed by atoms with Crippen molar-refractivity contribution in [1.29, 1.82) is 0 Å². The van der Waals surface area contributed by atoms with Crippen LogP contribution in [0, 0.1) is 6.92 Å². The number of hydrogen-bond acceptors (Lipinski definition) is 7. The Bertz CT molecular complexity index is 991. The van der Waals surface area contributed by atoms with Crippen LogP contribution in [0.15, 0.2) is 36.7 Å². The van der Waals surface area contributed by atoms with Crippen molar-refractivity contribution >= 4 is 0 Å². The van der Waals surface area contributed by atoms with Crippen LogP contribution in [0.2, 0.25) is 0 Å². The molecule has 2 fully saturated rings. The fraction of sp³-hybridized carbons (Fsp3) is 0.429. The first kappa shape index (κ1) is 18.1. The summed E-state index contributed by atoms with van der Waals surface area (Å²) in [6.45, 7) is 1.82. The van der Waals surface area contributed by atoms with Crippen LogP contribution in [-0.2, 0) is 0 Å². The summed E-state index contributed by atoms with van der Waals surface area (Å²) in [5, 5.41) is 26.9. The van der Waals surface area contributed by atoms with Gasteiger partial charge in [-0.3, -0.25) is 0 Å². The molecule has 5 rings (SSSR count). The summed E-state index contributed by atoms with van der Waals surface area (Å²) in [5.74, 6) is 1.32. The highest BCUT2D eigenvalue weighted by atomic mass is 16.5. The monoisotopic (exact) mass is 392 g/mol. The van der Waals surface area contributed by atoms with Gasteiger partial charge < -0.3 is 15.2 Å². The molecule has 0 spiro atoms. The first-order valence-electron chi connectivity index (χ1n) is 10.1. The van der Waals surface area contributed by atoms with Gasteiger partial charge in [-0.1, -0.05) is 6.42 Å². The molecule has 4 heterocycles. The van der Waals surface area contributed by atoms with E-state index < -0.39 is 0 Å². The van der Waals surface area contributed by atoms with E-state index in [0.29, 0.717) is 35.0 Å². The third kappa shape index (κ3) is 3.80. The van der Waals surface area contributed by atoms with Crippen molar-refractivity contribution < 1.29 is 9.84 Å². The van der Waals surface area contributed by atoms with Gasteiger partial charge in [0.25, 0.3) is 0 Å². The van der Waals surface area contributed by atoms with E-state index in [-0.39, 0.29) is 11.9 Å². The van der Waals surface area contributed by atoms with Crippen LogP contribution in [0.25, 0.3) is 16.9 Å². The smallest absolute Gasteiger partial charge is 0.233 e. The number of aromatic nitrogens is 5. The van der Waals surface area contributed by atoms with Gasteiger partial charge in [-0.25, -0.2) is 9.67 Å². The molecule has 0 saturated carbocycles. The molecule has 8 heteroatoms. The number of nitrogens with one attached hydrogen (secondary N) is 1. The largest absolute Gasteiger partial charge is 0.507 e. The molecule has 2 aliphatic rings. The zero-order valence-electron chi connectivity index (χ0n) is 16.3. The Morgan fingerprint density at radius 1 is 1.10 bits per heavy atom. The van der Waals surface area contributed by atoms with E-state index >= 15 is 0 Å². The van der Waals surface area contributed by atoms with E-state index in [1.165, 1.54) is 19.3 Å². The topological polar surface area (TPSA) is 98.0 Å². The highest BCUT2D eigenvalue weighted by Gasteiger charge is 2.32. The fourth-order valence-electron chi connectivity index (χ4n) is 4.36. The van der Waals surface area contributed by atoms with Crippen LogP contribution in [0.3, 0.4) is 0 Å². The van der Waals surface area contributed by atoms with E-state index in [9.17, 15) is 5.11 Å². The first-order chi connectivity index (χ1) is 14.1. The molecule has 0 radical (unpaired) electrons. The number of phenols is 1. The van der Waals surface area contributed by atoms with Crippen molar-refractivity contribution in [2.45, 2.75) is 57.2 Å². The summed E-state index contributed by atoms with van der Waals surface area (Å²) in [4.78, 5) is 4.11. The molecular formula is C21H24N6O2. The number of nitrogens with zero attached hydrogens (tertiary/aromatic N) is 5. The van der Waals surface area contributed by atoms with Crippen molar-refractivity contribution in [2.75, 3.05) is 0 Å². The zero-order valence-corrected chi connectivity index (χ0v) is 16.3. The van der Waals surface area contributed by atoms with E-state index in [1.807, 2.05) is 25.1 Å². The van der Waals surface area contributed by atoms with Crippen LogP contribution in [-0.4, -0.2) is 48.3 Å². The van der Waals surface area contributed by atoms with Gasteiger partial charge in [0.05, 0.1) is 11.4 Å². The SMILES string of the molecule is Cc1ncn(-c2ccc(-c3ccc(OC4CC5CCCC(C4)N5)nn3)c(O)c2)n1. The van der Waals surface area contributed by atoms with Gasteiger partial charge in [0, 0.05) is 29.8 Å². The number of phenolic OH excluding ortho intramolecular Hbond substituents is 1. The Labute approximate surface area is 169 Å². The van der Waals surface area contributed by atoms with Crippen molar-refractivity contribution in [3.05, 3.63) is 42.5 Å². The standard InChI is InChI=1S/C21H24N6O2/c1-13-22-12-27(26-13)16-5-6-18(20(28)11-16)19-7-8-21(25-24-19)29-17-9-14-3-2-4-15(10-17)23-14/h5-8,11-12,14-15,17,23,28H,2-4,9-10H2,1H3. The third-order valence-electron chi connectivity index (χ3n) is 5.73. The van der Waals surface area contributed by atoms with Gasteiger partial charge in [0.1, 0.15) is 24.0 Å². The molecule has 8 nitrogen and oxygen atoms in total. The molecule has 1 aromatic carbocycles. The van der Waals surface area contributed by atoms with E-state index in [4.69, 9.17) is 4.74 Å². The molecule has 29 heavy (non-hydrogen) atoms. The maximum Gasteiger partial charge on any atom is 0.233 e. The lowest BCUT2D eigenvalue weighted by Crippen LogP contribution is -2.51. The number of ether oxygens (including phenoxy) is 1. The number of aromatic hydroxyl groups is 1. The first-order valence-corrected chi connectivity index (χ1v) is 10.1. The minimum Gasteiger partial charge on any atom is -0.507 e.